The topological polar surface area (TPSA) is 73.5 Å². The monoisotopic (exact) mass is 448 g/mol. The Hall–Kier alpha value is -3.87. The van der Waals surface area contributed by atoms with Gasteiger partial charge in [0, 0.05) is 30.2 Å². The number of carbonyl (C=O) groups is 2. The highest BCUT2D eigenvalue weighted by molar-refractivity contribution is 6.01. The molecule has 0 atom stereocenters. The van der Waals surface area contributed by atoms with E-state index in [0.29, 0.717) is 30.9 Å². The third-order valence-electron chi connectivity index (χ3n) is 5.25. The maximum absolute atomic E-state index is 13.4. The molecule has 0 spiro atoms. The van der Waals surface area contributed by atoms with Crippen molar-refractivity contribution in [1.29, 1.82) is 0 Å². The molecule has 0 unspecified atom stereocenters. The van der Waals surface area contributed by atoms with Crippen molar-refractivity contribution in [3.8, 4) is 0 Å². The number of aryl methyl sites for hydroxylation is 3. The lowest BCUT2D eigenvalue weighted by Crippen LogP contribution is -2.38. The lowest BCUT2D eigenvalue weighted by atomic mass is 10.1. The van der Waals surface area contributed by atoms with Crippen LogP contribution in [0.5, 0.6) is 0 Å². The zero-order valence-electron chi connectivity index (χ0n) is 19.1. The van der Waals surface area contributed by atoms with Crippen LogP contribution in [-0.2, 0) is 0 Å². The van der Waals surface area contributed by atoms with Gasteiger partial charge in [-0.25, -0.2) is 14.0 Å². The van der Waals surface area contributed by atoms with E-state index in [2.05, 4.69) is 16.0 Å². The van der Waals surface area contributed by atoms with Crippen molar-refractivity contribution in [2.75, 3.05) is 28.6 Å². The normalized spacial score (nSPS) is 10.4. The fourth-order valence-corrected chi connectivity index (χ4v) is 3.41. The average Bonchev–Trinajstić information content (AvgIpc) is 2.79. The van der Waals surface area contributed by atoms with Crippen LogP contribution >= 0.6 is 0 Å². The highest BCUT2D eigenvalue weighted by Crippen LogP contribution is 2.20. The molecular formula is C26H29FN4O2. The van der Waals surface area contributed by atoms with Crippen molar-refractivity contribution in [2.45, 2.75) is 27.2 Å². The van der Waals surface area contributed by atoms with Crippen LogP contribution in [0, 0.1) is 26.6 Å². The van der Waals surface area contributed by atoms with E-state index in [1.54, 1.807) is 12.1 Å². The molecule has 3 N–H and O–H groups in total. The Kier molecular flexibility index (Phi) is 8.02. The van der Waals surface area contributed by atoms with Crippen LogP contribution in [0.1, 0.15) is 23.1 Å². The SMILES string of the molecule is Cc1ccc(NC(=O)N(CCCNC(=O)Nc2c(C)cccc2C)c2ccc(F)cc2)cc1. The predicted molar refractivity (Wildman–Crippen MR) is 131 cm³/mol. The smallest absolute Gasteiger partial charge is 0.326 e. The number of urea groups is 2. The molecule has 6 nitrogen and oxygen atoms in total. The minimum Gasteiger partial charge on any atom is -0.338 e. The van der Waals surface area contributed by atoms with Gasteiger partial charge in [-0.15, -0.1) is 0 Å². The Morgan fingerprint density at radius 3 is 2.12 bits per heavy atom. The molecule has 3 aromatic rings. The summed E-state index contributed by atoms with van der Waals surface area (Å²) in [5.41, 5.74) is 5.10. The average molecular weight is 449 g/mol. The summed E-state index contributed by atoms with van der Waals surface area (Å²) in [5, 5.41) is 8.58. The third-order valence-corrected chi connectivity index (χ3v) is 5.25. The van der Waals surface area contributed by atoms with Gasteiger partial charge in [0.15, 0.2) is 0 Å². The van der Waals surface area contributed by atoms with Crippen LogP contribution in [-0.4, -0.2) is 25.2 Å². The second-order valence-electron chi connectivity index (χ2n) is 7.93. The van der Waals surface area contributed by atoms with Gasteiger partial charge in [-0.1, -0.05) is 35.9 Å². The first kappa shape index (κ1) is 23.8. The highest BCUT2D eigenvalue weighted by atomic mass is 19.1. The maximum Gasteiger partial charge on any atom is 0.326 e. The van der Waals surface area contributed by atoms with Crippen LogP contribution in [0.4, 0.5) is 31.0 Å². The molecule has 4 amide bonds. The molecule has 0 fully saturated rings. The maximum atomic E-state index is 13.4. The second kappa shape index (κ2) is 11.1. The minimum absolute atomic E-state index is 0.301. The molecule has 0 aliphatic carbocycles. The molecule has 0 saturated heterocycles. The standard InChI is InChI=1S/C26H29FN4O2/c1-18-8-12-22(13-9-18)29-26(33)31(23-14-10-21(27)11-15-23)17-5-16-28-25(32)30-24-19(2)6-4-7-20(24)3/h4,6-15H,5,16-17H2,1-3H3,(H,29,33)(H2,28,30,32). The summed E-state index contributed by atoms with van der Waals surface area (Å²) in [7, 11) is 0. The second-order valence-corrected chi connectivity index (χ2v) is 7.93. The summed E-state index contributed by atoms with van der Waals surface area (Å²) in [6.07, 6.45) is 0.513. The number of nitrogens with zero attached hydrogens (tertiary/aromatic N) is 1. The molecule has 3 rings (SSSR count). The van der Waals surface area contributed by atoms with E-state index >= 15 is 0 Å². The molecule has 0 radical (unpaired) electrons. The first-order valence-electron chi connectivity index (χ1n) is 10.9. The number of nitrogens with one attached hydrogen (secondary N) is 3. The number of benzene rings is 3. The molecule has 33 heavy (non-hydrogen) atoms. The van der Waals surface area contributed by atoms with Crippen LogP contribution in [0.2, 0.25) is 0 Å². The van der Waals surface area contributed by atoms with Crippen molar-refractivity contribution in [3.05, 3.63) is 89.2 Å². The van der Waals surface area contributed by atoms with Gasteiger partial charge < -0.3 is 16.0 Å². The van der Waals surface area contributed by atoms with Crippen molar-refractivity contribution >= 4 is 29.1 Å². The number of para-hydroxylation sites is 1. The number of halogens is 1. The van der Waals surface area contributed by atoms with Crippen molar-refractivity contribution in [1.82, 2.24) is 5.32 Å². The molecule has 0 aliphatic rings. The number of amides is 4. The lowest BCUT2D eigenvalue weighted by Gasteiger charge is -2.23. The van der Waals surface area contributed by atoms with Gasteiger partial charge in [0.2, 0.25) is 0 Å². The van der Waals surface area contributed by atoms with Crippen LogP contribution in [0.25, 0.3) is 0 Å². The quantitative estimate of drug-likeness (QED) is 0.388. The van der Waals surface area contributed by atoms with Gasteiger partial charge in [0.05, 0.1) is 0 Å². The number of hydrogen-bond acceptors (Lipinski definition) is 2. The summed E-state index contributed by atoms with van der Waals surface area (Å²) >= 11 is 0. The van der Waals surface area contributed by atoms with E-state index in [1.165, 1.54) is 17.0 Å². The lowest BCUT2D eigenvalue weighted by molar-refractivity contribution is 0.252. The molecule has 172 valence electrons. The van der Waals surface area contributed by atoms with E-state index in [0.717, 1.165) is 22.4 Å². The summed E-state index contributed by atoms with van der Waals surface area (Å²) < 4.78 is 13.4. The molecule has 0 saturated carbocycles. The molecule has 3 aromatic carbocycles. The fourth-order valence-electron chi connectivity index (χ4n) is 3.41. The van der Waals surface area contributed by atoms with Crippen molar-refractivity contribution < 1.29 is 14.0 Å². The van der Waals surface area contributed by atoms with Crippen LogP contribution < -0.4 is 20.9 Å². The van der Waals surface area contributed by atoms with Gasteiger partial charge in [-0.2, -0.15) is 0 Å². The molecule has 0 heterocycles. The minimum atomic E-state index is -0.373. The number of carbonyl (C=O) groups excluding carboxylic acids is 2. The Balaban J connectivity index is 1.59. The van der Waals surface area contributed by atoms with Gasteiger partial charge in [-0.3, -0.25) is 4.90 Å². The third kappa shape index (κ3) is 6.80. The van der Waals surface area contributed by atoms with Crippen LogP contribution in [0.15, 0.2) is 66.7 Å². The summed E-state index contributed by atoms with van der Waals surface area (Å²) in [6.45, 7) is 6.56. The van der Waals surface area contributed by atoms with Gasteiger partial charge in [0.25, 0.3) is 0 Å². The number of hydrogen-bond donors (Lipinski definition) is 3. The summed E-state index contributed by atoms with van der Waals surface area (Å²) in [4.78, 5) is 26.8. The number of rotatable bonds is 7. The first-order valence-corrected chi connectivity index (χ1v) is 10.9. The van der Waals surface area contributed by atoms with E-state index in [1.807, 2.05) is 63.2 Å². The predicted octanol–water partition coefficient (Wildman–Crippen LogP) is 6.00. The molecule has 0 aliphatic heterocycles. The molecule has 0 bridgehead atoms. The van der Waals surface area contributed by atoms with Crippen molar-refractivity contribution in [2.24, 2.45) is 0 Å². The van der Waals surface area contributed by atoms with Gasteiger partial charge in [0.1, 0.15) is 5.82 Å². The number of anilines is 3. The molecule has 0 aromatic heterocycles. The Labute approximate surface area is 193 Å². The Bertz CT molecular complexity index is 1080. The summed E-state index contributed by atoms with van der Waals surface area (Å²) in [6, 6.07) is 18.4. The Morgan fingerprint density at radius 1 is 0.848 bits per heavy atom. The van der Waals surface area contributed by atoms with E-state index in [4.69, 9.17) is 0 Å². The first-order chi connectivity index (χ1) is 15.8. The fraction of sp³-hybridized carbons (Fsp3) is 0.231. The van der Waals surface area contributed by atoms with E-state index in [9.17, 15) is 14.0 Å². The zero-order chi connectivity index (χ0) is 23.8. The molecular weight excluding hydrogens is 419 g/mol. The highest BCUT2D eigenvalue weighted by Gasteiger charge is 2.16. The Morgan fingerprint density at radius 2 is 1.48 bits per heavy atom. The van der Waals surface area contributed by atoms with E-state index in [-0.39, 0.29) is 17.9 Å². The van der Waals surface area contributed by atoms with Gasteiger partial charge >= 0.3 is 12.1 Å². The summed E-state index contributed by atoms with van der Waals surface area (Å²) in [5.74, 6) is -0.373. The van der Waals surface area contributed by atoms with Crippen molar-refractivity contribution in [3.63, 3.8) is 0 Å². The van der Waals surface area contributed by atoms with Crippen LogP contribution in [0.3, 0.4) is 0 Å². The van der Waals surface area contributed by atoms with E-state index < -0.39 is 0 Å². The zero-order valence-corrected chi connectivity index (χ0v) is 19.1. The van der Waals surface area contributed by atoms with Gasteiger partial charge in [-0.05, 0) is 74.7 Å². The largest absolute Gasteiger partial charge is 0.338 e. The molecule has 7 heteroatoms.